The molecule has 1 aliphatic heterocycles. The predicted molar refractivity (Wildman–Crippen MR) is 74.8 cm³/mol. The highest BCUT2D eigenvalue weighted by atomic mass is 16.5. The number of fused-ring (bicyclic) bond motifs is 1. The molecule has 94 valence electrons. The molecule has 0 aromatic heterocycles. The lowest BCUT2D eigenvalue weighted by Crippen LogP contribution is -2.08. The molecule has 2 heteroatoms. The summed E-state index contributed by atoms with van der Waals surface area (Å²) < 4.78 is 5.72. The monoisotopic (exact) mass is 242 g/mol. The first kappa shape index (κ1) is 12.5. The minimum absolute atomic E-state index is 0.286. The van der Waals surface area contributed by atoms with Crippen molar-refractivity contribution in [2.75, 3.05) is 0 Å². The fourth-order valence-corrected chi connectivity index (χ4v) is 2.19. The lowest BCUT2D eigenvalue weighted by Gasteiger charge is -2.25. The van der Waals surface area contributed by atoms with Gasteiger partial charge in [-0.15, -0.1) is 6.58 Å². The molecule has 0 saturated carbocycles. The zero-order valence-corrected chi connectivity index (χ0v) is 11.1. The Morgan fingerprint density at radius 3 is 2.56 bits per heavy atom. The van der Waals surface area contributed by atoms with Crippen molar-refractivity contribution in [3.8, 4) is 11.5 Å². The first-order valence-corrected chi connectivity index (χ1v) is 5.98. The number of benzene rings is 1. The molecule has 2 nitrogen and oxygen atoms in total. The molecule has 1 aromatic rings. The third-order valence-corrected chi connectivity index (χ3v) is 3.54. The normalized spacial score (nSPS) is 14.3. The zero-order valence-electron chi connectivity index (χ0n) is 11.1. The van der Waals surface area contributed by atoms with Crippen molar-refractivity contribution in [2.24, 2.45) is 0 Å². The van der Waals surface area contributed by atoms with Crippen LogP contribution in [0.2, 0.25) is 0 Å². The minimum Gasteiger partial charge on any atom is -0.507 e. The van der Waals surface area contributed by atoms with Crippen molar-refractivity contribution >= 4 is 5.57 Å². The van der Waals surface area contributed by atoms with Crippen LogP contribution in [0.5, 0.6) is 11.5 Å². The number of phenolic OH excluding ortho intramolecular Hbond substituents is 1. The standard InChI is InChI=1S/C16H18O2/c1-6-7-13-8-14-10(3)9(2)12(5)18-16(14)11(4)15(13)17/h6,8,17H,1,5,7H2,2-4H3. The maximum Gasteiger partial charge on any atom is 0.141 e. The van der Waals surface area contributed by atoms with Crippen molar-refractivity contribution < 1.29 is 9.84 Å². The Morgan fingerprint density at radius 1 is 1.28 bits per heavy atom. The van der Waals surface area contributed by atoms with Gasteiger partial charge in [0.05, 0.1) is 0 Å². The smallest absolute Gasteiger partial charge is 0.141 e. The van der Waals surface area contributed by atoms with Crippen LogP contribution in [0.25, 0.3) is 5.57 Å². The highest BCUT2D eigenvalue weighted by molar-refractivity contribution is 5.79. The van der Waals surface area contributed by atoms with Gasteiger partial charge in [-0.25, -0.2) is 0 Å². The molecule has 1 heterocycles. The second kappa shape index (κ2) is 4.37. The molecule has 0 amide bonds. The summed E-state index contributed by atoms with van der Waals surface area (Å²) in [6, 6.07) is 1.98. The number of hydrogen-bond acceptors (Lipinski definition) is 2. The van der Waals surface area contributed by atoms with Gasteiger partial charge in [0.15, 0.2) is 0 Å². The van der Waals surface area contributed by atoms with Gasteiger partial charge in [-0.2, -0.15) is 0 Å². The first-order valence-electron chi connectivity index (χ1n) is 5.98. The summed E-state index contributed by atoms with van der Waals surface area (Å²) in [5.74, 6) is 1.65. The van der Waals surface area contributed by atoms with Gasteiger partial charge in [0.1, 0.15) is 17.3 Å². The number of allylic oxidation sites excluding steroid dienone is 3. The quantitative estimate of drug-likeness (QED) is 0.790. The summed E-state index contributed by atoms with van der Waals surface area (Å²) in [6.07, 6.45) is 2.43. The molecule has 0 unspecified atom stereocenters. The van der Waals surface area contributed by atoms with Crippen molar-refractivity contribution in [1.82, 2.24) is 0 Å². The predicted octanol–water partition coefficient (Wildman–Crippen LogP) is 4.13. The topological polar surface area (TPSA) is 29.5 Å². The van der Waals surface area contributed by atoms with E-state index in [0.717, 1.165) is 27.8 Å². The zero-order chi connectivity index (χ0) is 13.4. The van der Waals surface area contributed by atoms with Gasteiger partial charge in [-0.1, -0.05) is 12.7 Å². The molecular weight excluding hydrogens is 224 g/mol. The summed E-state index contributed by atoms with van der Waals surface area (Å²) in [7, 11) is 0. The highest BCUT2D eigenvalue weighted by Crippen LogP contribution is 2.43. The molecule has 1 aromatic carbocycles. The van der Waals surface area contributed by atoms with Crippen LogP contribution in [0.1, 0.15) is 30.5 Å². The molecule has 18 heavy (non-hydrogen) atoms. The summed E-state index contributed by atoms with van der Waals surface area (Å²) in [5.41, 5.74) is 4.88. The summed E-state index contributed by atoms with van der Waals surface area (Å²) in [5, 5.41) is 10.1. The van der Waals surface area contributed by atoms with E-state index < -0.39 is 0 Å². The average molecular weight is 242 g/mol. The van der Waals surface area contributed by atoms with E-state index >= 15 is 0 Å². The number of rotatable bonds is 2. The highest BCUT2D eigenvalue weighted by Gasteiger charge is 2.23. The lowest BCUT2D eigenvalue weighted by molar-refractivity contribution is 0.415. The molecular formula is C16H18O2. The summed E-state index contributed by atoms with van der Waals surface area (Å²) in [4.78, 5) is 0. The number of ether oxygens (including phenoxy) is 1. The van der Waals surface area contributed by atoms with Crippen LogP contribution in [0.15, 0.2) is 36.6 Å². The van der Waals surface area contributed by atoms with Crippen molar-refractivity contribution in [3.05, 3.63) is 53.3 Å². The van der Waals surface area contributed by atoms with Crippen LogP contribution in [-0.4, -0.2) is 5.11 Å². The Balaban J connectivity index is 2.72. The Labute approximate surface area is 108 Å². The van der Waals surface area contributed by atoms with Gasteiger partial charge >= 0.3 is 0 Å². The fraction of sp³-hybridized carbons (Fsp3) is 0.250. The molecule has 1 N–H and O–H groups in total. The van der Waals surface area contributed by atoms with Crippen molar-refractivity contribution in [2.45, 2.75) is 27.2 Å². The molecule has 0 atom stereocenters. The van der Waals surface area contributed by atoms with E-state index in [-0.39, 0.29) is 5.75 Å². The van der Waals surface area contributed by atoms with Gasteiger partial charge in [0.2, 0.25) is 0 Å². The Morgan fingerprint density at radius 2 is 1.94 bits per heavy atom. The summed E-state index contributed by atoms with van der Waals surface area (Å²) >= 11 is 0. The second-order valence-electron chi connectivity index (χ2n) is 4.65. The number of hydrogen-bond donors (Lipinski definition) is 1. The van der Waals surface area contributed by atoms with E-state index in [9.17, 15) is 5.11 Å². The molecule has 0 spiro atoms. The Bertz CT molecular complexity index is 577. The average Bonchev–Trinajstić information content (AvgIpc) is 2.35. The van der Waals surface area contributed by atoms with E-state index in [1.165, 1.54) is 0 Å². The van der Waals surface area contributed by atoms with Crippen molar-refractivity contribution in [1.29, 1.82) is 0 Å². The van der Waals surface area contributed by atoms with Gasteiger partial charge in [-0.3, -0.25) is 0 Å². The second-order valence-corrected chi connectivity index (χ2v) is 4.65. The van der Waals surface area contributed by atoms with E-state index in [1.807, 2.05) is 19.9 Å². The van der Waals surface area contributed by atoms with E-state index in [1.54, 1.807) is 6.08 Å². The SMILES string of the molecule is C=CCc1cc2c(c(C)c1O)OC(=C)C(C)=C2C. The maximum atomic E-state index is 10.1. The lowest BCUT2D eigenvalue weighted by atomic mass is 9.92. The van der Waals surface area contributed by atoms with Crippen LogP contribution < -0.4 is 4.74 Å². The van der Waals surface area contributed by atoms with Gasteiger partial charge in [0, 0.05) is 11.1 Å². The third-order valence-electron chi connectivity index (χ3n) is 3.54. The molecule has 2 rings (SSSR count). The van der Waals surface area contributed by atoms with Crippen LogP contribution >= 0.6 is 0 Å². The molecule has 1 aliphatic rings. The molecule has 0 bridgehead atoms. The largest absolute Gasteiger partial charge is 0.507 e. The third kappa shape index (κ3) is 1.74. The molecule has 0 saturated heterocycles. The number of aromatic hydroxyl groups is 1. The molecule has 0 fully saturated rings. The molecule has 0 radical (unpaired) electrons. The Kier molecular flexibility index (Phi) is 3.04. The van der Waals surface area contributed by atoms with E-state index in [4.69, 9.17) is 4.74 Å². The summed E-state index contributed by atoms with van der Waals surface area (Å²) in [6.45, 7) is 13.5. The Hall–Kier alpha value is -1.96. The molecule has 0 aliphatic carbocycles. The fourth-order valence-electron chi connectivity index (χ4n) is 2.19. The minimum atomic E-state index is 0.286. The van der Waals surface area contributed by atoms with E-state index in [2.05, 4.69) is 20.1 Å². The van der Waals surface area contributed by atoms with Crippen LogP contribution in [0.4, 0.5) is 0 Å². The van der Waals surface area contributed by atoms with Crippen molar-refractivity contribution in [3.63, 3.8) is 0 Å². The van der Waals surface area contributed by atoms with Gasteiger partial charge < -0.3 is 9.84 Å². The van der Waals surface area contributed by atoms with Crippen LogP contribution in [0.3, 0.4) is 0 Å². The van der Waals surface area contributed by atoms with Gasteiger partial charge in [0.25, 0.3) is 0 Å². The maximum absolute atomic E-state index is 10.1. The number of phenols is 1. The van der Waals surface area contributed by atoms with Gasteiger partial charge in [-0.05, 0) is 50.0 Å². The van der Waals surface area contributed by atoms with Crippen LogP contribution in [-0.2, 0) is 6.42 Å². The van der Waals surface area contributed by atoms with E-state index in [0.29, 0.717) is 17.9 Å². The van der Waals surface area contributed by atoms with Crippen LogP contribution in [0, 0.1) is 6.92 Å². The first-order chi connectivity index (χ1) is 8.47.